The number of hydrogen-bond acceptors (Lipinski definition) is 2. The first-order chi connectivity index (χ1) is 5.88. The van der Waals surface area contributed by atoms with Gasteiger partial charge in [0.15, 0.2) is 0 Å². The Bertz CT molecular complexity index is 108. The summed E-state index contributed by atoms with van der Waals surface area (Å²) in [6.07, 6.45) is 5.55. The van der Waals surface area contributed by atoms with Gasteiger partial charge in [-0.25, -0.2) is 0 Å². The maximum absolute atomic E-state index is 5.50. The molecule has 0 saturated carbocycles. The van der Waals surface area contributed by atoms with E-state index in [1.165, 1.54) is 38.8 Å². The maximum atomic E-state index is 5.50. The SMILES string of the molecule is CCCC(OC)C1CCNCC1. The molecule has 0 spiro atoms. The molecule has 1 aliphatic rings. The first-order valence-electron chi connectivity index (χ1n) is 5.12. The Balaban J connectivity index is 2.29. The highest BCUT2D eigenvalue weighted by Gasteiger charge is 2.21. The maximum Gasteiger partial charge on any atom is 0.0600 e. The van der Waals surface area contributed by atoms with E-state index in [1.807, 2.05) is 7.11 Å². The summed E-state index contributed by atoms with van der Waals surface area (Å²) in [4.78, 5) is 0. The van der Waals surface area contributed by atoms with Gasteiger partial charge in [-0.15, -0.1) is 0 Å². The summed E-state index contributed by atoms with van der Waals surface area (Å²) < 4.78 is 5.50. The van der Waals surface area contributed by atoms with Crippen LogP contribution in [0.25, 0.3) is 0 Å². The average molecular weight is 171 g/mol. The molecule has 1 saturated heterocycles. The second kappa shape index (κ2) is 5.55. The molecular formula is C10H21NO. The van der Waals surface area contributed by atoms with Crippen molar-refractivity contribution in [2.45, 2.75) is 38.7 Å². The number of rotatable bonds is 4. The number of hydrogen-bond donors (Lipinski definition) is 1. The molecule has 72 valence electrons. The van der Waals surface area contributed by atoms with Gasteiger partial charge >= 0.3 is 0 Å². The van der Waals surface area contributed by atoms with E-state index >= 15 is 0 Å². The smallest absolute Gasteiger partial charge is 0.0600 e. The Morgan fingerprint density at radius 3 is 2.58 bits per heavy atom. The Labute approximate surface area is 75.7 Å². The molecule has 1 rings (SSSR count). The minimum atomic E-state index is 0.511. The number of methoxy groups -OCH3 is 1. The molecule has 0 amide bonds. The second-order valence-corrected chi connectivity index (χ2v) is 3.65. The first-order valence-corrected chi connectivity index (χ1v) is 5.12. The van der Waals surface area contributed by atoms with Crippen LogP contribution in [0.2, 0.25) is 0 Å². The molecule has 2 nitrogen and oxygen atoms in total. The van der Waals surface area contributed by atoms with Crippen molar-refractivity contribution in [3.63, 3.8) is 0 Å². The molecule has 1 aliphatic heterocycles. The summed E-state index contributed by atoms with van der Waals surface area (Å²) in [6.45, 7) is 4.58. The van der Waals surface area contributed by atoms with Gasteiger partial charge in [0.25, 0.3) is 0 Å². The highest BCUT2D eigenvalue weighted by atomic mass is 16.5. The lowest BCUT2D eigenvalue weighted by Crippen LogP contribution is -2.34. The number of ether oxygens (including phenoxy) is 1. The van der Waals surface area contributed by atoms with E-state index in [-0.39, 0.29) is 0 Å². The van der Waals surface area contributed by atoms with Crippen molar-refractivity contribution in [3.8, 4) is 0 Å². The highest BCUT2D eigenvalue weighted by Crippen LogP contribution is 2.21. The summed E-state index contributed by atoms with van der Waals surface area (Å²) in [7, 11) is 1.85. The summed E-state index contributed by atoms with van der Waals surface area (Å²) in [5, 5.41) is 3.38. The van der Waals surface area contributed by atoms with E-state index in [2.05, 4.69) is 12.2 Å². The molecule has 1 unspecified atom stereocenters. The first kappa shape index (κ1) is 10.0. The molecule has 2 heteroatoms. The van der Waals surface area contributed by atoms with Gasteiger partial charge in [-0.1, -0.05) is 13.3 Å². The second-order valence-electron chi connectivity index (χ2n) is 3.65. The van der Waals surface area contributed by atoms with Crippen molar-refractivity contribution in [1.29, 1.82) is 0 Å². The topological polar surface area (TPSA) is 21.3 Å². The van der Waals surface area contributed by atoms with Gasteiger partial charge in [-0.3, -0.25) is 0 Å². The molecule has 0 aromatic heterocycles. The fourth-order valence-corrected chi connectivity index (χ4v) is 2.05. The van der Waals surface area contributed by atoms with E-state index in [0.29, 0.717) is 6.10 Å². The molecular weight excluding hydrogens is 150 g/mol. The molecule has 0 bridgehead atoms. The fourth-order valence-electron chi connectivity index (χ4n) is 2.05. The van der Waals surface area contributed by atoms with Gasteiger partial charge in [-0.2, -0.15) is 0 Å². The van der Waals surface area contributed by atoms with Crippen LogP contribution in [0.5, 0.6) is 0 Å². The van der Waals surface area contributed by atoms with Crippen LogP contribution in [0.1, 0.15) is 32.6 Å². The molecule has 1 N–H and O–H groups in total. The lowest BCUT2D eigenvalue weighted by molar-refractivity contribution is 0.0327. The lowest BCUT2D eigenvalue weighted by atomic mass is 9.90. The van der Waals surface area contributed by atoms with E-state index in [0.717, 1.165) is 5.92 Å². The Kier molecular flexibility index (Phi) is 4.62. The minimum absolute atomic E-state index is 0.511. The van der Waals surface area contributed by atoms with E-state index < -0.39 is 0 Å². The Morgan fingerprint density at radius 1 is 1.42 bits per heavy atom. The van der Waals surface area contributed by atoms with E-state index in [4.69, 9.17) is 4.74 Å². The summed E-state index contributed by atoms with van der Waals surface area (Å²) in [6, 6.07) is 0. The zero-order chi connectivity index (χ0) is 8.81. The molecule has 0 radical (unpaired) electrons. The van der Waals surface area contributed by atoms with Crippen LogP contribution < -0.4 is 5.32 Å². The normalized spacial score (nSPS) is 22.5. The van der Waals surface area contributed by atoms with Crippen LogP contribution in [0, 0.1) is 5.92 Å². The third-order valence-corrected chi connectivity index (χ3v) is 2.79. The van der Waals surface area contributed by atoms with Crippen LogP contribution in [0.3, 0.4) is 0 Å². The standard InChI is InChI=1S/C10H21NO/c1-3-4-10(12-2)9-5-7-11-8-6-9/h9-11H,3-8H2,1-2H3. The predicted molar refractivity (Wildman–Crippen MR) is 51.3 cm³/mol. The Morgan fingerprint density at radius 2 is 2.08 bits per heavy atom. The van der Waals surface area contributed by atoms with Gasteiger partial charge < -0.3 is 10.1 Å². The summed E-state index contributed by atoms with van der Waals surface area (Å²) in [5.74, 6) is 0.802. The molecule has 0 aromatic rings. The largest absolute Gasteiger partial charge is 0.381 e. The van der Waals surface area contributed by atoms with Gasteiger partial charge in [0.1, 0.15) is 0 Å². The van der Waals surface area contributed by atoms with Crippen molar-refractivity contribution in [2.24, 2.45) is 5.92 Å². The van der Waals surface area contributed by atoms with Crippen molar-refractivity contribution in [3.05, 3.63) is 0 Å². The summed E-state index contributed by atoms with van der Waals surface area (Å²) in [5.41, 5.74) is 0. The van der Waals surface area contributed by atoms with Crippen LogP contribution in [0.15, 0.2) is 0 Å². The van der Waals surface area contributed by atoms with Crippen LogP contribution >= 0.6 is 0 Å². The van der Waals surface area contributed by atoms with Crippen molar-refractivity contribution in [2.75, 3.05) is 20.2 Å². The number of piperidine rings is 1. The van der Waals surface area contributed by atoms with Gasteiger partial charge in [0.2, 0.25) is 0 Å². The van der Waals surface area contributed by atoms with Crippen LogP contribution in [-0.4, -0.2) is 26.3 Å². The fraction of sp³-hybridized carbons (Fsp3) is 1.00. The highest BCUT2D eigenvalue weighted by molar-refractivity contribution is 4.75. The summed E-state index contributed by atoms with van der Waals surface area (Å²) >= 11 is 0. The molecule has 1 heterocycles. The molecule has 1 fully saturated rings. The van der Waals surface area contributed by atoms with E-state index in [1.54, 1.807) is 0 Å². The monoisotopic (exact) mass is 171 g/mol. The van der Waals surface area contributed by atoms with Crippen LogP contribution in [0.4, 0.5) is 0 Å². The lowest BCUT2D eigenvalue weighted by Gasteiger charge is -2.29. The van der Waals surface area contributed by atoms with Gasteiger partial charge in [0.05, 0.1) is 6.10 Å². The predicted octanol–water partition coefficient (Wildman–Crippen LogP) is 1.80. The van der Waals surface area contributed by atoms with E-state index in [9.17, 15) is 0 Å². The third kappa shape index (κ3) is 2.76. The zero-order valence-corrected chi connectivity index (χ0v) is 8.31. The van der Waals surface area contributed by atoms with Crippen molar-refractivity contribution in [1.82, 2.24) is 5.32 Å². The molecule has 0 aliphatic carbocycles. The zero-order valence-electron chi connectivity index (χ0n) is 8.31. The van der Waals surface area contributed by atoms with Crippen molar-refractivity contribution < 1.29 is 4.74 Å². The molecule has 12 heavy (non-hydrogen) atoms. The Hall–Kier alpha value is -0.0800. The van der Waals surface area contributed by atoms with Gasteiger partial charge in [-0.05, 0) is 38.3 Å². The third-order valence-electron chi connectivity index (χ3n) is 2.79. The van der Waals surface area contributed by atoms with Crippen LogP contribution in [-0.2, 0) is 4.74 Å². The molecule has 0 aromatic carbocycles. The average Bonchev–Trinajstić information content (AvgIpc) is 2.15. The van der Waals surface area contributed by atoms with Gasteiger partial charge in [0, 0.05) is 7.11 Å². The minimum Gasteiger partial charge on any atom is -0.381 e. The quantitative estimate of drug-likeness (QED) is 0.696. The van der Waals surface area contributed by atoms with Crippen molar-refractivity contribution >= 4 is 0 Å². The number of nitrogens with one attached hydrogen (secondary N) is 1. The molecule has 1 atom stereocenters.